The number of carbonyl (C=O) groups is 1. The molecular formula is C22H29ClN2O2. The van der Waals surface area contributed by atoms with Crippen LogP contribution in [0.2, 0.25) is 0 Å². The molecule has 1 saturated heterocycles. The van der Waals surface area contributed by atoms with Crippen molar-refractivity contribution >= 4 is 18.3 Å². The molecule has 5 heteroatoms. The zero-order valence-corrected chi connectivity index (χ0v) is 16.5. The van der Waals surface area contributed by atoms with E-state index in [0.29, 0.717) is 32.1 Å². The van der Waals surface area contributed by atoms with Gasteiger partial charge in [0.25, 0.3) is 0 Å². The lowest BCUT2D eigenvalue weighted by Gasteiger charge is -2.10. The largest absolute Gasteiger partial charge is 0.372 e. The monoisotopic (exact) mass is 388 g/mol. The number of ether oxygens (including phenoxy) is 1. The minimum Gasteiger partial charge on any atom is -0.372 e. The molecule has 27 heavy (non-hydrogen) atoms. The number of carbonyl (C=O) groups excluding carboxylic acids is 1. The molecule has 1 aliphatic rings. The van der Waals surface area contributed by atoms with Crippen molar-refractivity contribution in [1.82, 2.24) is 10.6 Å². The molecule has 1 amide bonds. The molecule has 3 rings (SSSR count). The predicted molar refractivity (Wildman–Crippen MR) is 111 cm³/mol. The van der Waals surface area contributed by atoms with E-state index < -0.39 is 0 Å². The smallest absolute Gasteiger partial charge is 0.220 e. The van der Waals surface area contributed by atoms with E-state index in [1.54, 1.807) is 0 Å². The first-order valence-corrected chi connectivity index (χ1v) is 9.46. The van der Waals surface area contributed by atoms with E-state index in [1.807, 2.05) is 30.3 Å². The Bertz CT molecular complexity index is 688. The van der Waals surface area contributed by atoms with Gasteiger partial charge in [0.2, 0.25) is 5.91 Å². The summed E-state index contributed by atoms with van der Waals surface area (Å²) in [6.07, 6.45) is 2.79. The van der Waals surface area contributed by atoms with E-state index in [2.05, 4.69) is 34.9 Å². The van der Waals surface area contributed by atoms with Crippen molar-refractivity contribution < 1.29 is 9.53 Å². The summed E-state index contributed by atoms with van der Waals surface area (Å²) in [5.41, 5.74) is 3.42. The quantitative estimate of drug-likeness (QED) is 0.686. The molecule has 0 spiro atoms. The average molecular weight is 389 g/mol. The van der Waals surface area contributed by atoms with Gasteiger partial charge in [0.15, 0.2) is 0 Å². The van der Waals surface area contributed by atoms with Crippen molar-refractivity contribution in [1.29, 1.82) is 0 Å². The van der Waals surface area contributed by atoms with Crippen LogP contribution in [0.25, 0.3) is 0 Å². The topological polar surface area (TPSA) is 50.4 Å². The Morgan fingerprint density at radius 2 is 1.78 bits per heavy atom. The van der Waals surface area contributed by atoms with E-state index >= 15 is 0 Å². The van der Waals surface area contributed by atoms with E-state index in [9.17, 15) is 4.79 Å². The van der Waals surface area contributed by atoms with Gasteiger partial charge >= 0.3 is 0 Å². The number of halogens is 1. The van der Waals surface area contributed by atoms with Crippen LogP contribution >= 0.6 is 12.4 Å². The van der Waals surface area contributed by atoms with Crippen LogP contribution in [0.15, 0.2) is 54.6 Å². The standard InChI is InChI=1S/C22H28N2O2.ClH/c25-22(10-9-18-11-12-23-14-18)24-15-20-7-4-8-21(13-20)17-26-16-19-5-2-1-3-6-19;/h1-8,13,18,23H,9-12,14-17H2,(H,24,25);1H. The lowest BCUT2D eigenvalue weighted by atomic mass is 10.0. The molecule has 0 aromatic heterocycles. The molecule has 2 aromatic rings. The fourth-order valence-electron chi connectivity index (χ4n) is 3.28. The maximum Gasteiger partial charge on any atom is 0.220 e. The van der Waals surface area contributed by atoms with Crippen LogP contribution in [-0.4, -0.2) is 19.0 Å². The normalized spacial score (nSPS) is 15.9. The molecule has 1 unspecified atom stereocenters. The third-order valence-electron chi connectivity index (χ3n) is 4.80. The summed E-state index contributed by atoms with van der Waals surface area (Å²) < 4.78 is 5.79. The summed E-state index contributed by atoms with van der Waals surface area (Å²) >= 11 is 0. The highest BCUT2D eigenvalue weighted by atomic mass is 35.5. The minimum absolute atomic E-state index is 0. The number of nitrogens with one attached hydrogen (secondary N) is 2. The van der Waals surface area contributed by atoms with Gasteiger partial charge in [0.1, 0.15) is 0 Å². The summed E-state index contributed by atoms with van der Waals surface area (Å²) in [6, 6.07) is 18.4. The molecular weight excluding hydrogens is 360 g/mol. The molecule has 4 nitrogen and oxygen atoms in total. The highest BCUT2D eigenvalue weighted by molar-refractivity contribution is 5.85. The van der Waals surface area contributed by atoms with E-state index in [1.165, 1.54) is 12.0 Å². The summed E-state index contributed by atoms with van der Waals surface area (Å²) in [6.45, 7) is 3.90. The van der Waals surface area contributed by atoms with Crippen LogP contribution in [0.1, 0.15) is 36.0 Å². The first-order chi connectivity index (χ1) is 12.8. The van der Waals surface area contributed by atoms with Crippen molar-refractivity contribution in [3.63, 3.8) is 0 Å². The van der Waals surface area contributed by atoms with Crippen molar-refractivity contribution in [2.75, 3.05) is 13.1 Å². The molecule has 0 aliphatic carbocycles. The number of hydrogen-bond acceptors (Lipinski definition) is 3. The van der Waals surface area contributed by atoms with Crippen LogP contribution < -0.4 is 10.6 Å². The van der Waals surface area contributed by atoms with Crippen LogP contribution in [0, 0.1) is 5.92 Å². The van der Waals surface area contributed by atoms with E-state index in [4.69, 9.17) is 4.74 Å². The predicted octanol–water partition coefficient (Wildman–Crippen LogP) is 3.83. The zero-order valence-electron chi connectivity index (χ0n) is 15.7. The minimum atomic E-state index is 0. The van der Waals surface area contributed by atoms with Gasteiger partial charge in [-0.1, -0.05) is 54.6 Å². The summed E-state index contributed by atoms with van der Waals surface area (Å²) in [5, 5.41) is 6.38. The lowest BCUT2D eigenvalue weighted by Crippen LogP contribution is -2.23. The molecule has 146 valence electrons. The van der Waals surface area contributed by atoms with Gasteiger partial charge in [-0.15, -0.1) is 12.4 Å². The average Bonchev–Trinajstić information content (AvgIpc) is 3.20. The third-order valence-corrected chi connectivity index (χ3v) is 4.80. The molecule has 1 heterocycles. The highest BCUT2D eigenvalue weighted by Gasteiger charge is 2.15. The van der Waals surface area contributed by atoms with Crippen LogP contribution in [0.3, 0.4) is 0 Å². The molecule has 1 fully saturated rings. The Balaban J connectivity index is 0.00000261. The van der Waals surface area contributed by atoms with Crippen molar-refractivity contribution in [2.45, 2.75) is 39.0 Å². The fraction of sp³-hybridized carbons (Fsp3) is 0.409. The fourth-order valence-corrected chi connectivity index (χ4v) is 3.28. The van der Waals surface area contributed by atoms with Crippen LogP contribution in [0.4, 0.5) is 0 Å². The number of rotatable bonds is 9. The van der Waals surface area contributed by atoms with Gasteiger partial charge in [0.05, 0.1) is 13.2 Å². The van der Waals surface area contributed by atoms with Gasteiger partial charge in [-0.3, -0.25) is 4.79 Å². The molecule has 2 aromatic carbocycles. The number of amides is 1. The van der Waals surface area contributed by atoms with Gasteiger partial charge in [0, 0.05) is 13.0 Å². The van der Waals surface area contributed by atoms with Crippen LogP contribution in [0.5, 0.6) is 0 Å². The second-order valence-corrected chi connectivity index (χ2v) is 6.97. The van der Waals surface area contributed by atoms with E-state index in [0.717, 1.165) is 30.6 Å². The molecule has 2 N–H and O–H groups in total. The number of hydrogen-bond donors (Lipinski definition) is 2. The first-order valence-electron chi connectivity index (χ1n) is 9.46. The summed E-state index contributed by atoms with van der Waals surface area (Å²) in [4.78, 5) is 12.0. The van der Waals surface area contributed by atoms with Crippen molar-refractivity contribution in [2.24, 2.45) is 5.92 Å². The zero-order chi connectivity index (χ0) is 18.0. The molecule has 1 aliphatic heterocycles. The maximum absolute atomic E-state index is 12.0. The second kappa shape index (κ2) is 11.8. The van der Waals surface area contributed by atoms with Crippen LogP contribution in [-0.2, 0) is 29.3 Å². The van der Waals surface area contributed by atoms with Gasteiger partial charge in [-0.25, -0.2) is 0 Å². The molecule has 0 bridgehead atoms. The lowest BCUT2D eigenvalue weighted by molar-refractivity contribution is -0.121. The summed E-state index contributed by atoms with van der Waals surface area (Å²) in [7, 11) is 0. The Morgan fingerprint density at radius 3 is 2.56 bits per heavy atom. The Hall–Kier alpha value is -1.88. The highest BCUT2D eigenvalue weighted by Crippen LogP contribution is 2.14. The maximum atomic E-state index is 12.0. The first kappa shape index (κ1) is 21.4. The Labute approximate surface area is 168 Å². The second-order valence-electron chi connectivity index (χ2n) is 6.97. The van der Waals surface area contributed by atoms with Gasteiger partial charge in [-0.2, -0.15) is 0 Å². The van der Waals surface area contributed by atoms with Gasteiger partial charge < -0.3 is 15.4 Å². The van der Waals surface area contributed by atoms with Gasteiger partial charge in [-0.05, 0) is 48.5 Å². The molecule has 0 saturated carbocycles. The van der Waals surface area contributed by atoms with E-state index in [-0.39, 0.29) is 18.3 Å². The third kappa shape index (κ3) is 7.71. The SMILES string of the molecule is Cl.O=C(CCC1CCNC1)NCc1cccc(COCc2ccccc2)c1. The molecule has 0 radical (unpaired) electrons. The summed E-state index contributed by atoms with van der Waals surface area (Å²) in [5.74, 6) is 0.800. The Kier molecular flexibility index (Phi) is 9.32. The Morgan fingerprint density at radius 1 is 1.04 bits per heavy atom. The van der Waals surface area contributed by atoms with Crippen molar-refractivity contribution in [3.05, 3.63) is 71.3 Å². The van der Waals surface area contributed by atoms with Crippen molar-refractivity contribution in [3.8, 4) is 0 Å². The molecule has 1 atom stereocenters. The number of benzene rings is 2.